The van der Waals surface area contributed by atoms with Crippen LogP contribution < -0.4 is 10.6 Å². The van der Waals surface area contributed by atoms with E-state index < -0.39 is 6.04 Å². The molecule has 3 aromatic rings. The van der Waals surface area contributed by atoms with Gasteiger partial charge < -0.3 is 10.6 Å². The van der Waals surface area contributed by atoms with Gasteiger partial charge in [-0.15, -0.1) is 0 Å². The molecular formula is C19H19FN4O2. The van der Waals surface area contributed by atoms with Crippen molar-refractivity contribution in [3.8, 4) is 5.69 Å². The molecule has 0 bridgehead atoms. The molecule has 0 aliphatic rings. The van der Waals surface area contributed by atoms with Crippen LogP contribution in [0.3, 0.4) is 0 Å². The lowest BCUT2D eigenvalue weighted by molar-refractivity contribution is -0.119. The SMILES string of the molecule is CNC(=O)c1cccc(-n2c(C(C)NC(C)=O)nc3ccc(F)cc32)c1. The lowest BCUT2D eigenvalue weighted by atomic mass is 10.1. The zero-order valence-electron chi connectivity index (χ0n) is 14.7. The van der Waals surface area contributed by atoms with Crippen LogP contribution in [0.25, 0.3) is 16.7 Å². The first-order valence-corrected chi connectivity index (χ1v) is 8.18. The molecule has 1 heterocycles. The Morgan fingerprint density at radius 2 is 1.96 bits per heavy atom. The van der Waals surface area contributed by atoms with E-state index in [0.29, 0.717) is 28.1 Å². The minimum Gasteiger partial charge on any atom is -0.355 e. The normalized spacial score (nSPS) is 12.0. The van der Waals surface area contributed by atoms with Gasteiger partial charge in [0.2, 0.25) is 5.91 Å². The molecule has 0 spiro atoms. The Balaban J connectivity index is 2.24. The molecule has 26 heavy (non-hydrogen) atoms. The topological polar surface area (TPSA) is 76.0 Å². The first kappa shape index (κ1) is 17.6. The number of carbonyl (C=O) groups excluding carboxylic acids is 2. The minimum absolute atomic E-state index is 0.193. The van der Waals surface area contributed by atoms with Crippen molar-refractivity contribution in [3.05, 3.63) is 59.7 Å². The third-order valence-corrected chi connectivity index (χ3v) is 4.04. The Bertz CT molecular complexity index is 996. The lowest BCUT2D eigenvalue weighted by Crippen LogP contribution is -2.26. The van der Waals surface area contributed by atoms with Crippen molar-refractivity contribution < 1.29 is 14.0 Å². The van der Waals surface area contributed by atoms with Crippen molar-refractivity contribution in [1.29, 1.82) is 0 Å². The highest BCUT2D eigenvalue weighted by Gasteiger charge is 2.19. The molecular weight excluding hydrogens is 335 g/mol. The summed E-state index contributed by atoms with van der Waals surface area (Å²) in [5.74, 6) is -0.255. The number of hydrogen-bond donors (Lipinski definition) is 2. The van der Waals surface area contributed by atoms with Crippen LogP contribution in [0, 0.1) is 5.82 Å². The van der Waals surface area contributed by atoms with E-state index in [-0.39, 0.29) is 17.6 Å². The van der Waals surface area contributed by atoms with Crippen LogP contribution in [-0.2, 0) is 4.79 Å². The first-order chi connectivity index (χ1) is 12.4. The summed E-state index contributed by atoms with van der Waals surface area (Å²) in [6.07, 6.45) is 0. The van der Waals surface area contributed by atoms with E-state index >= 15 is 0 Å². The fraction of sp³-hybridized carbons (Fsp3) is 0.211. The number of imidazole rings is 1. The van der Waals surface area contributed by atoms with E-state index in [0.717, 1.165) is 0 Å². The largest absolute Gasteiger partial charge is 0.355 e. The molecule has 0 fully saturated rings. The van der Waals surface area contributed by atoms with E-state index in [1.807, 2.05) is 6.07 Å². The Labute approximate surface area is 150 Å². The van der Waals surface area contributed by atoms with Gasteiger partial charge in [0.1, 0.15) is 11.6 Å². The molecule has 0 aliphatic carbocycles. The summed E-state index contributed by atoms with van der Waals surface area (Å²) in [7, 11) is 1.56. The number of aromatic nitrogens is 2. The van der Waals surface area contributed by atoms with Gasteiger partial charge >= 0.3 is 0 Å². The number of nitrogens with zero attached hydrogens (tertiary/aromatic N) is 2. The molecule has 7 heteroatoms. The summed E-state index contributed by atoms with van der Waals surface area (Å²) in [6.45, 7) is 3.23. The third kappa shape index (κ3) is 3.28. The van der Waals surface area contributed by atoms with Crippen LogP contribution in [0.2, 0.25) is 0 Å². The molecule has 1 atom stereocenters. The van der Waals surface area contributed by atoms with Gasteiger partial charge in [-0.2, -0.15) is 0 Å². The van der Waals surface area contributed by atoms with Crippen molar-refractivity contribution in [2.24, 2.45) is 0 Å². The van der Waals surface area contributed by atoms with E-state index in [1.165, 1.54) is 19.1 Å². The number of rotatable bonds is 4. The smallest absolute Gasteiger partial charge is 0.251 e. The number of benzene rings is 2. The lowest BCUT2D eigenvalue weighted by Gasteiger charge is -2.16. The molecule has 0 radical (unpaired) electrons. The second-order valence-electron chi connectivity index (χ2n) is 5.99. The third-order valence-electron chi connectivity index (χ3n) is 4.04. The highest BCUT2D eigenvalue weighted by Crippen LogP contribution is 2.26. The fourth-order valence-corrected chi connectivity index (χ4v) is 2.93. The second kappa shape index (κ2) is 6.95. The fourth-order valence-electron chi connectivity index (χ4n) is 2.93. The summed E-state index contributed by atoms with van der Waals surface area (Å²) in [5.41, 5.74) is 2.29. The maximum absolute atomic E-state index is 13.8. The molecule has 134 valence electrons. The molecule has 2 aromatic carbocycles. The Morgan fingerprint density at radius 1 is 1.19 bits per heavy atom. The van der Waals surface area contributed by atoms with Gasteiger partial charge in [-0.1, -0.05) is 6.07 Å². The maximum Gasteiger partial charge on any atom is 0.251 e. The van der Waals surface area contributed by atoms with Gasteiger partial charge in [-0.3, -0.25) is 14.2 Å². The van der Waals surface area contributed by atoms with Crippen LogP contribution >= 0.6 is 0 Å². The quantitative estimate of drug-likeness (QED) is 0.756. The number of nitrogens with one attached hydrogen (secondary N) is 2. The predicted octanol–water partition coefficient (Wildman–Crippen LogP) is 2.72. The Morgan fingerprint density at radius 3 is 2.65 bits per heavy atom. The molecule has 1 aromatic heterocycles. The molecule has 2 amide bonds. The standard InChI is InChI=1S/C19H19FN4O2/c1-11(22-12(2)25)18-23-16-8-7-14(20)10-17(16)24(18)15-6-4-5-13(9-15)19(26)21-3/h4-11H,1-3H3,(H,21,26)(H,22,25). The molecule has 0 saturated carbocycles. The number of fused-ring (bicyclic) bond motifs is 1. The Kier molecular flexibility index (Phi) is 4.71. The number of hydrogen-bond acceptors (Lipinski definition) is 3. The average Bonchev–Trinajstić information content (AvgIpc) is 2.99. The summed E-state index contributed by atoms with van der Waals surface area (Å²) in [5, 5.41) is 5.38. The van der Waals surface area contributed by atoms with Crippen molar-refractivity contribution in [2.75, 3.05) is 7.05 Å². The highest BCUT2D eigenvalue weighted by atomic mass is 19.1. The second-order valence-corrected chi connectivity index (χ2v) is 5.99. The average molecular weight is 354 g/mol. The zero-order valence-corrected chi connectivity index (χ0v) is 14.7. The van der Waals surface area contributed by atoms with Gasteiger partial charge in [0.15, 0.2) is 0 Å². The van der Waals surface area contributed by atoms with Crippen molar-refractivity contribution in [1.82, 2.24) is 20.2 Å². The summed E-state index contributed by atoms with van der Waals surface area (Å²) >= 11 is 0. The molecule has 6 nitrogen and oxygen atoms in total. The van der Waals surface area contributed by atoms with Crippen LogP contribution in [0.15, 0.2) is 42.5 Å². The number of amides is 2. The van der Waals surface area contributed by atoms with Crippen LogP contribution in [0.5, 0.6) is 0 Å². The van der Waals surface area contributed by atoms with Crippen LogP contribution in [0.1, 0.15) is 36.1 Å². The zero-order chi connectivity index (χ0) is 18.8. The molecule has 1 unspecified atom stereocenters. The van der Waals surface area contributed by atoms with E-state index in [9.17, 15) is 14.0 Å². The first-order valence-electron chi connectivity index (χ1n) is 8.18. The molecule has 3 rings (SSSR count). The maximum atomic E-state index is 13.8. The van der Waals surface area contributed by atoms with E-state index in [1.54, 1.807) is 42.8 Å². The minimum atomic E-state index is -0.397. The highest BCUT2D eigenvalue weighted by molar-refractivity contribution is 5.94. The van der Waals surface area contributed by atoms with Crippen molar-refractivity contribution >= 4 is 22.8 Å². The molecule has 0 aliphatic heterocycles. The van der Waals surface area contributed by atoms with Crippen molar-refractivity contribution in [2.45, 2.75) is 19.9 Å². The molecule has 2 N–H and O–H groups in total. The summed E-state index contributed by atoms with van der Waals surface area (Å²) < 4.78 is 15.6. The van der Waals surface area contributed by atoms with Crippen LogP contribution in [0.4, 0.5) is 4.39 Å². The van der Waals surface area contributed by atoms with E-state index in [2.05, 4.69) is 15.6 Å². The van der Waals surface area contributed by atoms with Crippen molar-refractivity contribution in [3.63, 3.8) is 0 Å². The molecule has 0 saturated heterocycles. The predicted molar refractivity (Wildman–Crippen MR) is 96.6 cm³/mol. The van der Waals surface area contributed by atoms with E-state index in [4.69, 9.17) is 0 Å². The van der Waals surface area contributed by atoms with Crippen LogP contribution in [-0.4, -0.2) is 28.4 Å². The van der Waals surface area contributed by atoms with Gasteiger partial charge in [-0.05, 0) is 37.3 Å². The van der Waals surface area contributed by atoms with Gasteiger partial charge in [0.25, 0.3) is 5.91 Å². The number of halogens is 1. The Hall–Kier alpha value is -3.22. The number of carbonyl (C=O) groups is 2. The van der Waals surface area contributed by atoms with Gasteiger partial charge in [-0.25, -0.2) is 9.37 Å². The monoisotopic (exact) mass is 354 g/mol. The summed E-state index contributed by atoms with van der Waals surface area (Å²) in [6, 6.07) is 10.9. The van der Waals surface area contributed by atoms with Gasteiger partial charge in [0, 0.05) is 31.3 Å². The van der Waals surface area contributed by atoms with Gasteiger partial charge in [0.05, 0.1) is 17.1 Å². The summed E-state index contributed by atoms with van der Waals surface area (Å²) in [4.78, 5) is 28.0.